The monoisotopic (exact) mass is 289 g/mol. The lowest BCUT2D eigenvalue weighted by Gasteiger charge is -2.14. The number of nitrogens with one attached hydrogen (secondary N) is 1. The molecule has 1 aromatic heterocycles. The molecular formula is C11H19N3O4S. The predicted octanol–water partition coefficient (Wildman–Crippen LogP) is 0.00640. The van der Waals surface area contributed by atoms with Crippen molar-refractivity contribution in [1.82, 2.24) is 14.3 Å². The smallest absolute Gasteiger partial charge is 0.260 e. The maximum atomic E-state index is 12.4. The zero-order valence-electron chi connectivity index (χ0n) is 11.3. The van der Waals surface area contributed by atoms with Gasteiger partial charge in [-0.3, -0.25) is 0 Å². The molecule has 0 aromatic carbocycles. The van der Waals surface area contributed by atoms with E-state index in [1.165, 1.54) is 10.5 Å². The van der Waals surface area contributed by atoms with Crippen molar-refractivity contribution < 1.29 is 17.9 Å². The van der Waals surface area contributed by atoms with Gasteiger partial charge < -0.3 is 14.5 Å². The fourth-order valence-electron chi connectivity index (χ4n) is 2.15. The van der Waals surface area contributed by atoms with E-state index in [1.54, 1.807) is 14.2 Å². The summed E-state index contributed by atoms with van der Waals surface area (Å²) < 4.78 is 36.7. The highest BCUT2D eigenvalue weighted by Gasteiger charge is 2.40. The zero-order chi connectivity index (χ0) is 14.0. The highest BCUT2D eigenvalue weighted by Crippen LogP contribution is 2.23. The van der Waals surface area contributed by atoms with E-state index < -0.39 is 10.0 Å². The van der Waals surface area contributed by atoms with Crippen LogP contribution in [0.1, 0.15) is 12.7 Å². The number of aromatic nitrogens is 2. The van der Waals surface area contributed by atoms with Crippen molar-refractivity contribution in [2.45, 2.75) is 30.6 Å². The van der Waals surface area contributed by atoms with Crippen molar-refractivity contribution >= 4 is 10.0 Å². The Morgan fingerprint density at radius 3 is 2.37 bits per heavy atom. The third-order valence-corrected chi connectivity index (χ3v) is 5.09. The lowest BCUT2D eigenvalue weighted by Crippen LogP contribution is -2.30. The van der Waals surface area contributed by atoms with Crippen molar-refractivity contribution in [1.29, 1.82) is 0 Å². The average Bonchev–Trinajstić information content (AvgIpc) is 3.05. The summed E-state index contributed by atoms with van der Waals surface area (Å²) in [4.78, 5) is 6.85. The fourth-order valence-corrected chi connectivity index (χ4v) is 3.55. The number of ether oxygens (including phenoxy) is 2. The minimum atomic E-state index is -3.56. The molecule has 0 amide bonds. The normalized spacial score (nSPS) is 25.0. The van der Waals surface area contributed by atoms with Gasteiger partial charge in [0.05, 0.1) is 18.4 Å². The van der Waals surface area contributed by atoms with Crippen LogP contribution in [0.15, 0.2) is 11.2 Å². The average molecular weight is 289 g/mol. The molecule has 0 bridgehead atoms. The molecule has 1 N–H and O–H groups in total. The number of rotatable bonds is 5. The molecule has 1 aliphatic heterocycles. The van der Waals surface area contributed by atoms with Crippen molar-refractivity contribution in [3.05, 3.63) is 12.0 Å². The van der Waals surface area contributed by atoms with Crippen LogP contribution < -0.4 is 0 Å². The summed E-state index contributed by atoms with van der Waals surface area (Å²) in [5, 5.41) is 0.121. The van der Waals surface area contributed by atoms with Crippen molar-refractivity contribution in [3.8, 4) is 0 Å². The molecule has 7 nitrogen and oxygen atoms in total. The van der Waals surface area contributed by atoms with Crippen LogP contribution in [-0.2, 0) is 25.9 Å². The number of hydrogen-bond acceptors (Lipinski definition) is 5. The zero-order valence-corrected chi connectivity index (χ0v) is 12.1. The molecule has 19 heavy (non-hydrogen) atoms. The molecule has 108 valence electrons. The lowest BCUT2D eigenvalue weighted by molar-refractivity contribution is -0.00461. The van der Waals surface area contributed by atoms with E-state index in [9.17, 15) is 8.42 Å². The Kier molecular flexibility index (Phi) is 4.24. The number of methoxy groups -OCH3 is 2. The van der Waals surface area contributed by atoms with Crippen molar-refractivity contribution in [2.24, 2.45) is 0 Å². The number of H-pyrrole nitrogens is 1. The van der Waals surface area contributed by atoms with Gasteiger partial charge in [0, 0.05) is 33.7 Å². The van der Waals surface area contributed by atoms with Gasteiger partial charge >= 0.3 is 0 Å². The SMILES string of the molecule is CCc1ncc(S(=O)(=O)N2CC(OC)C(OC)C2)[nH]1. The van der Waals surface area contributed by atoms with E-state index in [1.807, 2.05) is 6.92 Å². The second-order valence-electron chi connectivity index (χ2n) is 4.42. The molecule has 1 fully saturated rings. The van der Waals surface area contributed by atoms with Crippen LogP contribution >= 0.6 is 0 Å². The molecule has 0 spiro atoms. The molecule has 1 aromatic rings. The highest BCUT2D eigenvalue weighted by atomic mass is 32.2. The van der Waals surface area contributed by atoms with E-state index in [0.717, 1.165) is 0 Å². The molecule has 0 aliphatic carbocycles. The molecule has 2 atom stereocenters. The molecular weight excluding hydrogens is 270 g/mol. The van der Waals surface area contributed by atoms with E-state index in [-0.39, 0.29) is 30.3 Å². The summed E-state index contributed by atoms with van der Waals surface area (Å²) in [6.07, 6.45) is 1.54. The minimum absolute atomic E-state index is 0.121. The lowest BCUT2D eigenvalue weighted by atomic mass is 10.3. The maximum absolute atomic E-state index is 12.4. The van der Waals surface area contributed by atoms with E-state index >= 15 is 0 Å². The predicted molar refractivity (Wildman–Crippen MR) is 68.3 cm³/mol. The Morgan fingerprint density at radius 2 is 1.95 bits per heavy atom. The van der Waals surface area contributed by atoms with Gasteiger partial charge in [-0.1, -0.05) is 6.92 Å². The molecule has 8 heteroatoms. The van der Waals surface area contributed by atoms with E-state index in [0.29, 0.717) is 12.2 Å². The first kappa shape index (κ1) is 14.4. The molecule has 1 saturated heterocycles. The summed E-state index contributed by atoms with van der Waals surface area (Å²) in [6.45, 7) is 2.49. The largest absolute Gasteiger partial charge is 0.377 e. The molecule has 0 saturated carbocycles. The Morgan fingerprint density at radius 1 is 1.37 bits per heavy atom. The van der Waals surface area contributed by atoms with E-state index in [2.05, 4.69) is 9.97 Å². The minimum Gasteiger partial charge on any atom is -0.377 e. The standard InChI is InChI=1S/C11H19N3O4S/c1-4-10-12-5-11(13-10)19(15,16)14-6-8(17-2)9(7-14)18-3/h5,8-9H,4,6-7H2,1-3H3,(H,12,13). The van der Waals surface area contributed by atoms with Crippen molar-refractivity contribution in [2.75, 3.05) is 27.3 Å². The summed E-state index contributed by atoms with van der Waals surface area (Å²) >= 11 is 0. The van der Waals surface area contributed by atoms with Gasteiger partial charge in [-0.2, -0.15) is 4.31 Å². The Balaban J connectivity index is 2.21. The molecule has 2 unspecified atom stereocenters. The van der Waals surface area contributed by atoms with Crippen LogP contribution in [0, 0.1) is 0 Å². The van der Waals surface area contributed by atoms with Gasteiger partial charge in [0.25, 0.3) is 10.0 Å². The highest BCUT2D eigenvalue weighted by molar-refractivity contribution is 7.89. The number of aryl methyl sites for hydroxylation is 1. The van der Waals surface area contributed by atoms with Gasteiger partial charge in [0.15, 0.2) is 5.03 Å². The Labute approximate surface area is 113 Å². The number of aromatic amines is 1. The van der Waals surface area contributed by atoms with Crippen LogP contribution in [0.2, 0.25) is 0 Å². The first-order valence-electron chi connectivity index (χ1n) is 6.12. The molecule has 0 radical (unpaired) electrons. The summed E-state index contributed by atoms with van der Waals surface area (Å²) in [5.41, 5.74) is 0. The second-order valence-corrected chi connectivity index (χ2v) is 6.32. The van der Waals surface area contributed by atoms with Crippen LogP contribution in [0.4, 0.5) is 0 Å². The summed E-state index contributed by atoms with van der Waals surface area (Å²) in [7, 11) is -0.451. The second kappa shape index (κ2) is 5.58. The van der Waals surface area contributed by atoms with Crippen LogP contribution in [0.5, 0.6) is 0 Å². The first-order valence-corrected chi connectivity index (χ1v) is 7.56. The number of imidazole rings is 1. The topological polar surface area (TPSA) is 84.5 Å². The van der Waals surface area contributed by atoms with Gasteiger partial charge in [0.1, 0.15) is 5.82 Å². The fraction of sp³-hybridized carbons (Fsp3) is 0.727. The van der Waals surface area contributed by atoms with Crippen molar-refractivity contribution in [3.63, 3.8) is 0 Å². The van der Waals surface area contributed by atoms with Crippen LogP contribution in [0.3, 0.4) is 0 Å². The first-order chi connectivity index (χ1) is 9.02. The maximum Gasteiger partial charge on any atom is 0.260 e. The molecule has 2 rings (SSSR count). The van der Waals surface area contributed by atoms with Gasteiger partial charge in [0.2, 0.25) is 0 Å². The Hall–Kier alpha value is -0.960. The number of sulfonamides is 1. The third-order valence-electron chi connectivity index (χ3n) is 3.35. The summed E-state index contributed by atoms with van der Waals surface area (Å²) in [5.74, 6) is 0.657. The quantitative estimate of drug-likeness (QED) is 0.825. The summed E-state index contributed by atoms with van der Waals surface area (Å²) in [6, 6.07) is 0. The van der Waals surface area contributed by atoms with E-state index in [4.69, 9.17) is 9.47 Å². The van der Waals surface area contributed by atoms with Gasteiger partial charge in [-0.25, -0.2) is 13.4 Å². The van der Waals surface area contributed by atoms with Crippen LogP contribution in [-0.4, -0.2) is 62.2 Å². The van der Waals surface area contributed by atoms with Crippen LogP contribution in [0.25, 0.3) is 0 Å². The Bertz CT molecular complexity index is 516. The molecule has 2 heterocycles. The number of nitrogens with zero attached hydrogens (tertiary/aromatic N) is 2. The third kappa shape index (κ3) is 2.66. The van der Waals surface area contributed by atoms with Gasteiger partial charge in [-0.05, 0) is 0 Å². The number of hydrogen-bond donors (Lipinski definition) is 1. The molecule has 1 aliphatic rings. The van der Waals surface area contributed by atoms with Gasteiger partial charge in [-0.15, -0.1) is 0 Å².